The molecular formula is C12H16BrNO4S. The number of hydrogen-bond donors (Lipinski definition) is 2. The van der Waals surface area contributed by atoms with Crippen LogP contribution in [0.1, 0.15) is 12.8 Å². The first kappa shape index (κ1) is 14.9. The summed E-state index contributed by atoms with van der Waals surface area (Å²) in [5.41, 5.74) is -1.02. The van der Waals surface area contributed by atoms with Crippen molar-refractivity contribution in [3.8, 4) is 0 Å². The fraction of sp³-hybridized carbons (Fsp3) is 0.500. The Bertz CT molecular complexity index is 540. The van der Waals surface area contributed by atoms with Crippen molar-refractivity contribution in [1.82, 2.24) is 4.72 Å². The summed E-state index contributed by atoms with van der Waals surface area (Å²) in [5.74, 6) is 0. The number of halogens is 1. The van der Waals surface area contributed by atoms with E-state index in [9.17, 15) is 13.5 Å². The van der Waals surface area contributed by atoms with Gasteiger partial charge < -0.3 is 9.84 Å². The van der Waals surface area contributed by atoms with Gasteiger partial charge >= 0.3 is 0 Å². The molecule has 1 aliphatic heterocycles. The SMILES string of the molecule is O=S(=O)(NCC1(O)CCOCC1)c1cccc(Br)c1. The van der Waals surface area contributed by atoms with Crippen molar-refractivity contribution in [3.05, 3.63) is 28.7 Å². The van der Waals surface area contributed by atoms with Gasteiger partial charge in [0.15, 0.2) is 0 Å². The Kier molecular flexibility index (Phi) is 4.62. The highest BCUT2D eigenvalue weighted by Gasteiger charge is 2.31. The monoisotopic (exact) mass is 349 g/mol. The Labute approximate surface area is 121 Å². The van der Waals surface area contributed by atoms with Crippen LogP contribution in [0.4, 0.5) is 0 Å². The molecule has 1 aromatic carbocycles. The van der Waals surface area contributed by atoms with E-state index < -0.39 is 15.6 Å². The summed E-state index contributed by atoms with van der Waals surface area (Å²) >= 11 is 3.23. The molecule has 1 aliphatic rings. The largest absolute Gasteiger partial charge is 0.388 e. The minimum absolute atomic E-state index is 0.00517. The van der Waals surface area contributed by atoms with E-state index in [0.717, 1.165) is 0 Å². The van der Waals surface area contributed by atoms with Gasteiger partial charge in [0.1, 0.15) is 0 Å². The van der Waals surface area contributed by atoms with Gasteiger partial charge in [0.25, 0.3) is 0 Å². The van der Waals surface area contributed by atoms with E-state index in [4.69, 9.17) is 4.74 Å². The van der Waals surface area contributed by atoms with Crippen LogP contribution in [0.15, 0.2) is 33.6 Å². The molecule has 7 heteroatoms. The van der Waals surface area contributed by atoms with Gasteiger partial charge in [-0.05, 0) is 18.2 Å². The molecule has 0 bridgehead atoms. The first-order valence-electron chi connectivity index (χ1n) is 5.97. The summed E-state index contributed by atoms with van der Waals surface area (Å²) in [4.78, 5) is 0.178. The molecule has 1 saturated heterocycles. The zero-order valence-corrected chi connectivity index (χ0v) is 12.7. The topological polar surface area (TPSA) is 75.6 Å². The average Bonchev–Trinajstić information content (AvgIpc) is 2.38. The highest BCUT2D eigenvalue weighted by atomic mass is 79.9. The summed E-state index contributed by atoms with van der Waals surface area (Å²) < 4.78 is 32.5. The van der Waals surface area contributed by atoms with Gasteiger partial charge in [0.2, 0.25) is 10.0 Å². The number of ether oxygens (including phenoxy) is 1. The summed E-state index contributed by atoms with van der Waals surface area (Å²) in [6, 6.07) is 6.45. The Morgan fingerprint density at radius 1 is 1.37 bits per heavy atom. The molecule has 0 aromatic heterocycles. The molecule has 0 aliphatic carbocycles. The van der Waals surface area contributed by atoms with Crippen molar-refractivity contribution >= 4 is 26.0 Å². The van der Waals surface area contributed by atoms with Crippen molar-refractivity contribution in [2.24, 2.45) is 0 Å². The zero-order chi connectivity index (χ0) is 13.9. The van der Waals surface area contributed by atoms with Crippen LogP contribution in [0.2, 0.25) is 0 Å². The second-order valence-corrected chi connectivity index (χ2v) is 7.30. The van der Waals surface area contributed by atoms with E-state index in [1.165, 1.54) is 12.1 Å². The molecule has 0 radical (unpaired) electrons. The molecule has 0 spiro atoms. The van der Waals surface area contributed by atoms with Crippen molar-refractivity contribution in [1.29, 1.82) is 0 Å². The highest BCUT2D eigenvalue weighted by molar-refractivity contribution is 9.10. The van der Waals surface area contributed by atoms with Gasteiger partial charge in [0.05, 0.1) is 10.5 Å². The number of sulfonamides is 1. The summed E-state index contributed by atoms with van der Waals surface area (Å²) in [6.45, 7) is 0.912. The Balaban J connectivity index is 2.05. The van der Waals surface area contributed by atoms with Gasteiger partial charge in [-0.2, -0.15) is 0 Å². The van der Waals surface area contributed by atoms with Gasteiger partial charge in [-0.25, -0.2) is 13.1 Å². The molecule has 0 saturated carbocycles. The molecule has 106 valence electrons. The maximum atomic E-state index is 12.1. The molecule has 5 nitrogen and oxygen atoms in total. The lowest BCUT2D eigenvalue weighted by Crippen LogP contribution is -2.46. The smallest absolute Gasteiger partial charge is 0.240 e. The van der Waals surface area contributed by atoms with E-state index in [1.807, 2.05) is 0 Å². The number of aliphatic hydroxyl groups is 1. The van der Waals surface area contributed by atoms with Crippen LogP contribution in [0.3, 0.4) is 0 Å². The molecule has 2 N–H and O–H groups in total. The number of rotatable bonds is 4. The number of hydrogen-bond acceptors (Lipinski definition) is 4. The fourth-order valence-electron chi connectivity index (χ4n) is 1.87. The third-order valence-electron chi connectivity index (χ3n) is 3.12. The average molecular weight is 350 g/mol. The molecule has 0 atom stereocenters. The molecule has 1 aromatic rings. The second-order valence-electron chi connectivity index (χ2n) is 4.62. The highest BCUT2D eigenvalue weighted by Crippen LogP contribution is 2.21. The van der Waals surface area contributed by atoms with Crippen LogP contribution in [-0.4, -0.2) is 38.9 Å². The predicted octanol–water partition coefficient (Wildman–Crippen LogP) is 1.27. The Hall–Kier alpha value is -0.470. The van der Waals surface area contributed by atoms with E-state index in [-0.39, 0.29) is 11.4 Å². The fourth-order valence-corrected chi connectivity index (χ4v) is 3.59. The van der Waals surface area contributed by atoms with Crippen LogP contribution in [0, 0.1) is 0 Å². The van der Waals surface area contributed by atoms with E-state index >= 15 is 0 Å². The Morgan fingerprint density at radius 2 is 2.05 bits per heavy atom. The molecule has 19 heavy (non-hydrogen) atoms. The minimum atomic E-state index is -3.60. The molecule has 0 amide bonds. The van der Waals surface area contributed by atoms with Gasteiger partial charge in [-0.1, -0.05) is 22.0 Å². The minimum Gasteiger partial charge on any atom is -0.388 e. The molecule has 2 rings (SSSR count). The summed E-state index contributed by atoms with van der Waals surface area (Å²) in [5, 5.41) is 10.2. The lowest BCUT2D eigenvalue weighted by atomic mass is 9.95. The van der Waals surface area contributed by atoms with Crippen LogP contribution < -0.4 is 4.72 Å². The normalized spacial score (nSPS) is 19.3. The standard InChI is InChI=1S/C12H16BrNO4S/c13-10-2-1-3-11(8-10)19(16,17)14-9-12(15)4-6-18-7-5-12/h1-3,8,14-15H,4-7,9H2. The van der Waals surface area contributed by atoms with E-state index in [1.54, 1.807) is 12.1 Å². The lowest BCUT2D eigenvalue weighted by molar-refractivity contribution is -0.0588. The first-order valence-corrected chi connectivity index (χ1v) is 8.24. The number of nitrogens with one attached hydrogen (secondary N) is 1. The van der Waals surface area contributed by atoms with Gasteiger partial charge in [-0.15, -0.1) is 0 Å². The van der Waals surface area contributed by atoms with Crippen LogP contribution in [-0.2, 0) is 14.8 Å². The third kappa shape index (κ3) is 4.00. The summed E-state index contributed by atoms with van der Waals surface area (Å²) in [7, 11) is -3.60. The molecule has 1 fully saturated rings. The van der Waals surface area contributed by atoms with E-state index in [0.29, 0.717) is 30.5 Å². The van der Waals surface area contributed by atoms with Crippen LogP contribution in [0.5, 0.6) is 0 Å². The molecular weight excluding hydrogens is 334 g/mol. The van der Waals surface area contributed by atoms with Crippen LogP contribution >= 0.6 is 15.9 Å². The van der Waals surface area contributed by atoms with Crippen molar-refractivity contribution in [3.63, 3.8) is 0 Å². The van der Waals surface area contributed by atoms with E-state index in [2.05, 4.69) is 20.7 Å². The van der Waals surface area contributed by atoms with Crippen LogP contribution in [0.25, 0.3) is 0 Å². The van der Waals surface area contributed by atoms with Gasteiger partial charge in [0, 0.05) is 37.1 Å². The van der Waals surface area contributed by atoms with Crippen molar-refractivity contribution in [2.45, 2.75) is 23.3 Å². The third-order valence-corrected chi connectivity index (χ3v) is 5.01. The second kappa shape index (κ2) is 5.88. The lowest BCUT2D eigenvalue weighted by Gasteiger charge is -2.31. The predicted molar refractivity (Wildman–Crippen MR) is 74.3 cm³/mol. The first-order chi connectivity index (χ1) is 8.91. The molecule has 0 unspecified atom stereocenters. The maximum absolute atomic E-state index is 12.1. The maximum Gasteiger partial charge on any atom is 0.240 e. The Morgan fingerprint density at radius 3 is 2.68 bits per heavy atom. The van der Waals surface area contributed by atoms with Crippen molar-refractivity contribution in [2.75, 3.05) is 19.8 Å². The van der Waals surface area contributed by atoms with Crippen molar-refractivity contribution < 1.29 is 18.3 Å². The van der Waals surface area contributed by atoms with Gasteiger partial charge in [-0.3, -0.25) is 0 Å². The summed E-state index contributed by atoms with van der Waals surface area (Å²) in [6.07, 6.45) is 0.877. The molecule has 1 heterocycles. The quantitative estimate of drug-likeness (QED) is 0.858. The number of benzene rings is 1. The zero-order valence-electron chi connectivity index (χ0n) is 10.3.